The van der Waals surface area contributed by atoms with Crippen LogP contribution in [0.25, 0.3) is 11.3 Å². The van der Waals surface area contributed by atoms with Crippen LogP contribution in [0.3, 0.4) is 0 Å². The van der Waals surface area contributed by atoms with Gasteiger partial charge in [-0.1, -0.05) is 54.4 Å². The number of benzene rings is 2. The van der Waals surface area contributed by atoms with Gasteiger partial charge in [0.15, 0.2) is 5.82 Å². The van der Waals surface area contributed by atoms with Crippen molar-refractivity contribution in [2.45, 2.75) is 38.8 Å². The van der Waals surface area contributed by atoms with Crippen molar-refractivity contribution in [1.82, 2.24) is 9.97 Å². The van der Waals surface area contributed by atoms with Gasteiger partial charge in [-0.15, -0.1) is 0 Å². The topological polar surface area (TPSA) is 56.3 Å². The Bertz CT molecular complexity index is 1090. The van der Waals surface area contributed by atoms with E-state index in [1.54, 1.807) is 19.2 Å². The lowest BCUT2D eigenvalue weighted by molar-refractivity contribution is 0.0573. The van der Waals surface area contributed by atoms with E-state index in [1.807, 2.05) is 13.0 Å². The molecule has 2 aromatic carbocycles. The van der Waals surface area contributed by atoms with Crippen LogP contribution in [0.2, 0.25) is 10.0 Å². The zero-order valence-electron chi connectivity index (χ0n) is 17.8. The Kier molecular flexibility index (Phi) is 6.65. The summed E-state index contributed by atoms with van der Waals surface area (Å²) in [6.07, 6.45) is 1.60. The molecule has 0 spiro atoms. The van der Waals surface area contributed by atoms with Gasteiger partial charge in [-0.3, -0.25) is 0 Å². The third kappa shape index (κ3) is 4.36. The zero-order valence-corrected chi connectivity index (χ0v) is 19.3. The summed E-state index contributed by atoms with van der Waals surface area (Å²) in [5.41, 5.74) is 4.69. The Hall–Kier alpha value is -2.34. The molecule has 0 aliphatic heterocycles. The SMILES string of the molecule is CCOC1Cc2ccccc2C1Nc1nc(OC)c(-c2ccc(Cl)cc2Cl)nc1CC. The van der Waals surface area contributed by atoms with Crippen LogP contribution >= 0.6 is 23.2 Å². The number of methoxy groups -OCH3 is 1. The minimum Gasteiger partial charge on any atom is -0.479 e. The monoisotopic (exact) mass is 457 g/mol. The molecule has 0 saturated heterocycles. The summed E-state index contributed by atoms with van der Waals surface area (Å²) in [7, 11) is 1.58. The largest absolute Gasteiger partial charge is 0.479 e. The lowest BCUT2D eigenvalue weighted by Crippen LogP contribution is -2.26. The summed E-state index contributed by atoms with van der Waals surface area (Å²) in [6.45, 7) is 4.73. The smallest absolute Gasteiger partial charge is 0.242 e. The first-order valence-electron chi connectivity index (χ1n) is 10.4. The van der Waals surface area contributed by atoms with Gasteiger partial charge in [0.25, 0.3) is 0 Å². The molecule has 4 rings (SSSR count). The molecule has 31 heavy (non-hydrogen) atoms. The number of anilines is 1. The molecular formula is C24H25Cl2N3O2. The maximum absolute atomic E-state index is 6.44. The van der Waals surface area contributed by atoms with Crippen molar-refractivity contribution in [3.8, 4) is 17.1 Å². The minimum atomic E-state index is -0.00886. The van der Waals surface area contributed by atoms with Crippen LogP contribution in [-0.2, 0) is 17.6 Å². The molecule has 7 heteroatoms. The number of hydrogen-bond donors (Lipinski definition) is 1. The first-order valence-corrected chi connectivity index (χ1v) is 11.2. The molecule has 1 aromatic heterocycles. The number of nitrogens with one attached hydrogen (secondary N) is 1. The molecule has 1 N–H and O–H groups in total. The highest BCUT2D eigenvalue weighted by Crippen LogP contribution is 2.39. The molecule has 0 saturated carbocycles. The molecule has 0 fully saturated rings. The van der Waals surface area contributed by atoms with Crippen molar-refractivity contribution >= 4 is 29.0 Å². The van der Waals surface area contributed by atoms with E-state index in [-0.39, 0.29) is 12.1 Å². The molecule has 0 bridgehead atoms. The summed E-state index contributed by atoms with van der Waals surface area (Å²) in [6, 6.07) is 13.7. The molecule has 2 atom stereocenters. The van der Waals surface area contributed by atoms with E-state index in [2.05, 4.69) is 36.5 Å². The van der Waals surface area contributed by atoms with Crippen LogP contribution in [-0.4, -0.2) is 29.8 Å². The summed E-state index contributed by atoms with van der Waals surface area (Å²) in [5, 5.41) is 4.67. The van der Waals surface area contributed by atoms with Gasteiger partial charge in [-0.2, -0.15) is 4.98 Å². The highest BCUT2D eigenvalue weighted by Gasteiger charge is 2.34. The van der Waals surface area contributed by atoms with Crippen molar-refractivity contribution < 1.29 is 9.47 Å². The van der Waals surface area contributed by atoms with Gasteiger partial charge < -0.3 is 14.8 Å². The Morgan fingerprint density at radius 2 is 1.90 bits per heavy atom. The van der Waals surface area contributed by atoms with E-state index in [4.69, 9.17) is 42.6 Å². The van der Waals surface area contributed by atoms with Gasteiger partial charge >= 0.3 is 0 Å². The molecule has 2 unspecified atom stereocenters. The summed E-state index contributed by atoms with van der Waals surface area (Å²) >= 11 is 12.5. The molecule has 1 heterocycles. The second-order valence-electron chi connectivity index (χ2n) is 7.37. The quantitative estimate of drug-likeness (QED) is 0.461. The van der Waals surface area contributed by atoms with E-state index in [9.17, 15) is 0 Å². The summed E-state index contributed by atoms with van der Waals surface area (Å²) in [4.78, 5) is 9.66. The van der Waals surface area contributed by atoms with Gasteiger partial charge in [-0.05, 0) is 42.7 Å². The van der Waals surface area contributed by atoms with Crippen molar-refractivity contribution in [2.24, 2.45) is 0 Å². The molecule has 162 valence electrons. The van der Waals surface area contributed by atoms with Crippen LogP contribution in [0.5, 0.6) is 5.88 Å². The lowest BCUT2D eigenvalue weighted by atomic mass is 10.1. The predicted octanol–water partition coefficient (Wildman–Crippen LogP) is 6.14. The third-order valence-electron chi connectivity index (χ3n) is 5.51. The number of rotatable bonds is 7. The number of ether oxygens (including phenoxy) is 2. The Balaban J connectivity index is 1.75. The molecule has 5 nitrogen and oxygen atoms in total. The highest BCUT2D eigenvalue weighted by molar-refractivity contribution is 6.36. The van der Waals surface area contributed by atoms with Crippen molar-refractivity contribution in [3.05, 3.63) is 69.3 Å². The molecular weight excluding hydrogens is 433 g/mol. The van der Waals surface area contributed by atoms with Crippen LogP contribution in [0.15, 0.2) is 42.5 Å². The average Bonchev–Trinajstić information content (AvgIpc) is 3.11. The van der Waals surface area contributed by atoms with Gasteiger partial charge in [0.1, 0.15) is 5.69 Å². The van der Waals surface area contributed by atoms with Gasteiger partial charge in [0.05, 0.1) is 30.0 Å². The van der Waals surface area contributed by atoms with E-state index < -0.39 is 0 Å². The maximum Gasteiger partial charge on any atom is 0.242 e. The maximum atomic E-state index is 6.44. The molecule has 1 aliphatic rings. The molecule has 1 aliphatic carbocycles. The van der Waals surface area contributed by atoms with Crippen LogP contribution in [0, 0.1) is 0 Å². The van der Waals surface area contributed by atoms with Crippen molar-refractivity contribution in [2.75, 3.05) is 19.0 Å². The number of aryl methyl sites for hydroxylation is 1. The predicted molar refractivity (Wildman–Crippen MR) is 125 cm³/mol. The number of hydrogen-bond acceptors (Lipinski definition) is 5. The summed E-state index contributed by atoms with van der Waals surface area (Å²) in [5.74, 6) is 1.10. The van der Waals surface area contributed by atoms with Gasteiger partial charge in [-0.25, -0.2) is 4.98 Å². The Morgan fingerprint density at radius 1 is 1.10 bits per heavy atom. The third-order valence-corrected chi connectivity index (χ3v) is 6.05. The molecule has 0 amide bonds. The van der Waals surface area contributed by atoms with Crippen molar-refractivity contribution in [3.63, 3.8) is 0 Å². The fourth-order valence-electron chi connectivity index (χ4n) is 4.06. The number of nitrogens with zero attached hydrogens (tertiary/aromatic N) is 2. The van der Waals surface area contributed by atoms with E-state index in [1.165, 1.54) is 11.1 Å². The zero-order chi connectivity index (χ0) is 22.0. The first kappa shape index (κ1) is 21.9. The lowest BCUT2D eigenvalue weighted by Gasteiger charge is -2.24. The number of aromatic nitrogens is 2. The molecule has 0 radical (unpaired) electrons. The van der Waals surface area contributed by atoms with Crippen molar-refractivity contribution in [1.29, 1.82) is 0 Å². The fraction of sp³-hybridized carbons (Fsp3) is 0.333. The van der Waals surface area contributed by atoms with Gasteiger partial charge in [0.2, 0.25) is 5.88 Å². The number of halogens is 2. The van der Waals surface area contributed by atoms with Crippen LogP contribution in [0.4, 0.5) is 5.82 Å². The summed E-state index contributed by atoms with van der Waals surface area (Å²) < 4.78 is 11.6. The average molecular weight is 458 g/mol. The Labute approximate surface area is 192 Å². The van der Waals surface area contributed by atoms with Crippen LogP contribution in [0.1, 0.15) is 36.7 Å². The van der Waals surface area contributed by atoms with Crippen LogP contribution < -0.4 is 10.1 Å². The van der Waals surface area contributed by atoms with E-state index in [0.717, 1.165) is 17.7 Å². The Morgan fingerprint density at radius 3 is 2.61 bits per heavy atom. The standard InChI is InChI=1S/C24H25Cl2N3O2/c1-4-19-23(28-21-16-9-7-6-8-14(16)12-20(21)31-5-2)29-24(30-3)22(27-19)17-11-10-15(25)13-18(17)26/h6-11,13,20-21H,4-5,12H2,1-3H3,(H,28,29). The van der Waals surface area contributed by atoms with E-state index in [0.29, 0.717) is 40.5 Å². The highest BCUT2D eigenvalue weighted by atomic mass is 35.5. The molecule has 3 aromatic rings. The number of fused-ring (bicyclic) bond motifs is 1. The van der Waals surface area contributed by atoms with E-state index >= 15 is 0 Å². The fourth-order valence-corrected chi connectivity index (χ4v) is 4.56. The minimum absolute atomic E-state index is 0.00886. The first-order chi connectivity index (χ1) is 15.0. The van der Waals surface area contributed by atoms with Gasteiger partial charge in [0, 0.05) is 23.6 Å². The second-order valence-corrected chi connectivity index (χ2v) is 8.22. The second kappa shape index (κ2) is 9.43. The normalized spacial score (nSPS) is 17.5.